The topological polar surface area (TPSA) is 142 Å². The van der Waals surface area contributed by atoms with Crippen molar-refractivity contribution in [1.29, 1.82) is 0 Å². The fourth-order valence-corrected chi connectivity index (χ4v) is 4.87. The van der Waals surface area contributed by atoms with E-state index in [1.165, 1.54) is 25.0 Å². The van der Waals surface area contributed by atoms with Gasteiger partial charge in [-0.15, -0.1) is 0 Å². The number of hydrogen-bond acceptors (Lipinski definition) is 9. The summed E-state index contributed by atoms with van der Waals surface area (Å²) in [6, 6.07) is 0. The van der Waals surface area contributed by atoms with E-state index >= 15 is 0 Å². The number of fused-ring (bicyclic) bond motifs is 1. The number of imide groups is 1. The third-order valence-corrected chi connectivity index (χ3v) is 7.08. The third-order valence-electron chi connectivity index (χ3n) is 7.08. The zero-order chi connectivity index (χ0) is 28.4. The lowest BCUT2D eigenvalue weighted by Gasteiger charge is -2.13. The number of alkyl carbamates (subject to hydrolysis) is 1. The Hall–Kier alpha value is -2.80. The van der Waals surface area contributed by atoms with Gasteiger partial charge in [-0.3, -0.25) is 19.3 Å². The van der Waals surface area contributed by atoms with Crippen molar-refractivity contribution in [2.75, 3.05) is 79.1 Å². The van der Waals surface area contributed by atoms with E-state index < -0.39 is 11.8 Å². The number of carbonyl (C=O) groups excluding carboxylic acids is 4. The highest BCUT2D eigenvalue weighted by molar-refractivity contribution is 6.13. The molecular weight excluding hydrogens is 522 g/mol. The molecule has 12 heteroatoms. The van der Waals surface area contributed by atoms with Crippen LogP contribution in [0.15, 0.2) is 24.3 Å². The van der Waals surface area contributed by atoms with Crippen LogP contribution in [0.3, 0.4) is 0 Å². The van der Waals surface area contributed by atoms with Crippen molar-refractivity contribution in [2.45, 2.75) is 32.1 Å². The molecule has 1 unspecified atom stereocenters. The fourth-order valence-electron chi connectivity index (χ4n) is 4.87. The summed E-state index contributed by atoms with van der Waals surface area (Å²) in [6.45, 7) is 4.52. The first-order valence-electron chi connectivity index (χ1n) is 14.2. The van der Waals surface area contributed by atoms with E-state index in [4.69, 9.17) is 23.7 Å². The zero-order valence-corrected chi connectivity index (χ0v) is 23.2. The van der Waals surface area contributed by atoms with Crippen molar-refractivity contribution in [3.05, 3.63) is 24.3 Å². The summed E-state index contributed by atoms with van der Waals surface area (Å²) in [5.41, 5.74) is 0. The van der Waals surface area contributed by atoms with Gasteiger partial charge < -0.3 is 34.3 Å². The number of hydrogen-bond donors (Lipinski definition) is 2. The second-order valence-electron chi connectivity index (χ2n) is 9.85. The van der Waals surface area contributed by atoms with E-state index in [9.17, 15) is 19.2 Å². The Balaban J connectivity index is 0.996. The van der Waals surface area contributed by atoms with Crippen molar-refractivity contribution in [3.63, 3.8) is 0 Å². The first-order chi connectivity index (χ1) is 19.6. The average Bonchev–Trinajstić information content (AvgIpc) is 3.46. The van der Waals surface area contributed by atoms with E-state index in [2.05, 4.69) is 22.8 Å². The molecule has 0 aromatic heterocycles. The van der Waals surface area contributed by atoms with Crippen molar-refractivity contribution in [2.24, 2.45) is 17.8 Å². The summed E-state index contributed by atoms with van der Waals surface area (Å²) in [4.78, 5) is 47.5. The quantitative estimate of drug-likeness (QED) is 0.127. The van der Waals surface area contributed by atoms with E-state index in [1.807, 2.05) is 0 Å². The monoisotopic (exact) mass is 565 g/mol. The number of allylic oxidation sites excluding steroid dienone is 2. The van der Waals surface area contributed by atoms with Gasteiger partial charge in [-0.25, -0.2) is 4.79 Å². The smallest absolute Gasteiger partial charge is 0.407 e. The molecule has 12 nitrogen and oxygen atoms in total. The highest BCUT2D eigenvalue weighted by Gasteiger charge is 2.49. The molecule has 0 aromatic carbocycles. The van der Waals surface area contributed by atoms with Crippen LogP contribution in [0.2, 0.25) is 0 Å². The molecule has 1 heterocycles. The SMILES string of the molecule is O=C(CCN1C(=O)C=CC1=O)NCCOCCOCCOCCOCCNC(=O)OCC1[C@H]2CC/C=C\CC[C@@H]12. The summed E-state index contributed by atoms with van der Waals surface area (Å²) in [6.07, 6.45) is 11.3. The number of nitrogens with one attached hydrogen (secondary N) is 2. The third kappa shape index (κ3) is 12.2. The predicted molar refractivity (Wildman–Crippen MR) is 144 cm³/mol. The standard InChI is InChI=1S/C28H43N3O9/c32-25(9-12-31-26(33)7-8-27(31)34)29-10-13-36-15-17-38-19-20-39-18-16-37-14-11-30-28(35)40-21-24-22-5-3-1-2-4-6-23(22)24/h1-2,7-8,22-24H,3-6,9-21H2,(H,29,32)(H,30,35)/b2-1-/t22-,23+,24?. The lowest BCUT2D eigenvalue weighted by molar-refractivity contribution is -0.137. The molecule has 1 aliphatic heterocycles. The summed E-state index contributed by atoms with van der Waals surface area (Å²) >= 11 is 0. The second kappa shape index (κ2) is 18.5. The molecule has 1 saturated carbocycles. The Morgan fingerprint density at radius 3 is 1.80 bits per heavy atom. The number of carbonyl (C=O) groups is 4. The summed E-state index contributed by atoms with van der Waals surface area (Å²) < 4.78 is 27.1. The molecule has 3 aliphatic rings. The van der Waals surface area contributed by atoms with Crippen LogP contribution < -0.4 is 10.6 Å². The van der Waals surface area contributed by atoms with Gasteiger partial charge in [-0.1, -0.05) is 12.2 Å². The molecule has 0 spiro atoms. The maximum absolute atomic E-state index is 11.9. The number of nitrogens with zero attached hydrogens (tertiary/aromatic N) is 1. The first kappa shape index (κ1) is 31.7. The van der Waals surface area contributed by atoms with Crippen LogP contribution in [0.25, 0.3) is 0 Å². The van der Waals surface area contributed by atoms with Crippen molar-refractivity contribution >= 4 is 23.8 Å². The molecule has 0 aromatic rings. The Morgan fingerprint density at radius 2 is 1.25 bits per heavy atom. The summed E-state index contributed by atoms with van der Waals surface area (Å²) in [5.74, 6) is 0.905. The molecule has 224 valence electrons. The van der Waals surface area contributed by atoms with Gasteiger partial charge in [0.05, 0.1) is 59.5 Å². The molecule has 4 amide bonds. The zero-order valence-electron chi connectivity index (χ0n) is 23.2. The van der Waals surface area contributed by atoms with E-state index in [0.29, 0.717) is 90.3 Å². The Morgan fingerprint density at radius 1 is 0.750 bits per heavy atom. The summed E-state index contributed by atoms with van der Waals surface area (Å²) in [5, 5.41) is 5.40. The maximum atomic E-state index is 11.9. The number of amides is 4. The Kier molecular flexibility index (Phi) is 14.7. The number of ether oxygens (including phenoxy) is 5. The highest BCUT2D eigenvalue weighted by atomic mass is 16.6. The molecule has 2 N–H and O–H groups in total. The highest BCUT2D eigenvalue weighted by Crippen LogP contribution is 2.52. The lowest BCUT2D eigenvalue weighted by atomic mass is 10.1. The molecule has 1 fully saturated rings. The van der Waals surface area contributed by atoms with Crippen LogP contribution in [0.4, 0.5) is 4.79 Å². The van der Waals surface area contributed by atoms with Gasteiger partial charge in [0.15, 0.2) is 0 Å². The minimum atomic E-state index is -0.396. The van der Waals surface area contributed by atoms with Gasteiger partial charge in [0.1, 0.15) is 0 Å². The minimum absolute atomic E-state index is 0.0539. The van der Waals surface area contributed by atoms with E-state index in [1.54, 1.807) is 0 Å². The van der Waals surface area contributed by atoms with Gasteiger partial charge >= 0.3 is 6.09 Å². The Bertz CT molecular complexity index is 845. The molecule has 0 bridgehead atoms. The van der Waals surface area contributed by atoms with Crippen LogP contribution in [0.5, 0.6) is 0 Å². The van der Waals surface area contributed by atoms with Gasteiger partial charge in [0, 0.05) is 38.2 Å². The molecule has 0 radical (unpaired) electrons. The van der Waals surface area contributed by atoms with Gasteiger partial charge in [0.25, 0.3) is 11.8 Å². The molecule has 3 atom stereocenters. The largest absolute Gasteiger partial charge is 0.449 e. The van der Waals surface area contributed by atoms with Crippen molar-refractivity contribution in [1.82, 2.24) is 15.5 Å². The maximum Gasteiger partial charge on any atom is 0.407 e. The van der Waals surface area contributed by atoms with Gasteiger partial charge in [0.2, 0.25) is 5.91 Å². The molecule has 2 aliphatic carbocycles. The first-order valence-corrected chi connectivity index (χ1v) is 14.2. The average molecular weight is 566 g/mol. The van der Waals surface area contributed by atoms with Crippen LogP contribution in [-0.2, 0) is 38.1 Å². The molecule has 0 saturated heterocycles. The van der Waals surface area contributed by atoms with E-state index in [-0.39, 0.29) is 25.0 Å². The van der Waals surface area contributed by atoms with E-state index in [0.717, 1.165) is 17.7 Å². The normalized spacial score (nSPS) is 22.4. The Labute approximate surface area is 235 Å². The summed E-state index contributed by atoms with van der Waals surface area (Å²) in [7, 11) is 0. The minimum Gasteiger partial charge on any atom is -0.449 e. The van der Waals surface area contributed by atoms with Crippen LogP contribution in [0, 0.1) is 17.8 Å². The van der Waals surface area contributed by atoms with Gasteiger partial charge in [-0.2, -0.15) is 0 Å². The molecule has 3 rings (SSSR count). The molecular formula is C28H43N3O9. The number of rotatable bonds is 20. The fraction of sp³-hybridized carbons (Fsp3) is 0.714. The predicted octanol–water partition coefficient (Wildman–Crippen LogP) is 1.20. The second-order valence-corrected chi connectivity index (χ2v) is 9.85. The van der Waals surface area contributed by atoms with Crippen LogP contribution in [0.1, 0.15) is 32.1 Å². The van der Waals surface area contributed by atoms with Crippen molar-refractivity contribution in [3.8, 4) is 0 Å². The van der Waals surface area contributed by atoms with Gasteiger partial charge in [-0.05, 0) is 43.4 Å². The van der Waals surface area contributed by atoms with Crippen molar-refractivity contribution < 1.29 is 42.9 Å². The van der Waals surface area contributed by atoms with Crippen LogP contribution in [-0.4, -0.2) is 108 Å². The molecule has 40 heavy (non-hydrogen) atoms. The lowest BCUT2D eigenvalue weighted by Crippen LogP contribution is -2.35. The van der Waals surface area contributed by atoms with Crippen LogP contribution >= 0.6 is 0 Å².